The van der Waals surface area contributed by atoms with Gasteiger partial charge in [0, 0.05) is 23.7 Å². The first kappa shape index (κ1) is 30.0. The van der Waals surface area contributed by atoms with E-state index in [-0.39, 0.29) is 40.5 Å². The third kappa shape index (κ3) is 6.30. The number of fused-ring (bicyclic) bond motifs is 1. The molecule has 3 aromatic carbocycles. The molecule has 2 aliphatic rings. The maximum atomic E-state index is 13.2. The van der Waals surface area contributed by atoms with E-state index in [0.717, 1.165) is 16.7 Å². The van der Waals surface area contributed by atoms with Crippen molar-refractivity contribution in [1.82, 2.24) is 4.90 Å². The summed E-state index contributed by atoms with van der Waals surface area (Å²) >= 11 is 8.99. The molecule has 3 aromatic rings. The fourth-order valence-electron chi connectivity index (χ4n) is 4.01. The van der Waals surface area contributed by atoms with Crippen LogP contribution in [0.3, 0.4) is 0 Å². The Morgan fingerprint density at radius 2 is 1.83 bits per heavy atom. The molecule has 1 saturated heterocycles. The lowest BCUT2D eigenvalue weighted by Gasteiger charge is -2.14. The number of amides is 3. The van der Waals surface area contributed by atoms with Crippen LogP contribution in [-0.2, 0) is 26.3 Å². The molecule has 0 atom stereocenters. The van der Waals surface area contributed by atoms with E-state index in [1.807, 2.05) is 22.6 Å². The van der Waals surface area contributed by atoms with E-state index >= 15 is 0 Å². The summed E-state index contributed by atoms with van der Waals surface area (Å²) in [6.07, 6.45) is 1.51. The SMILES string of the molecule is COc1cc(/C=C2\SC(=O)N(Cc3cc4c(cc3Cl)OCO4)C2=O)cc(I)c1OS(=O)(=O)c1ccc(NC(C)=O)cc1. The fourth-order valence-corrected chi connectivity index (χ4v) is 6.90. The van der Waals surface area contributed by atoms with Crippen molar-refractivity contribution in [2.45, 2.75) is 18.4 Å². The molecule has 0 bridgehead atoms. The molecule has 1 N–H and O–H groups in total. The van der Waals surface area contributed by atoms with E-state index < -0.39 is 21.3 Å². The van der Waals surface area contributed by atoms with Crippen LogP contribution in [0.1, 0.15) is 18.1 Å². The second-order valence-electron chi connectivity index (χ2n) is 8.84. The molecule has 0 aliphatic carbocycles. The maximum Gasteiger partial charge on any atom is 0.339 e. The Balaban J connectivity index is 1.36. The van der Waals surface area contributed by atoms with Crippen molar-refractivity contribution in [3.8, 4) is 23.0 Å². The van der Waals surface area contributed by atoms with Gasteiger partial charge in [-0.05, 0) is 94.0 Å². The van der Waals surface area contributed by atoms with Crippen molar-refractivity contribution in [2.75, 3.05) is 19.2 Å². The highest BCUT2D eigenvalue weighted by atomic mass is 127. The minimum Gasteiger partial charge on any atom is -0.493 e. The molecule has 0 radical (unpaired) electrons. The lowest BCUT2D eigenvalue weighted by molar-refractivity contribution is -0.123. The Bertz CT molecular complexity index is 1760. The highest BCUT2D eigenvalue weighted by molar-refractivity contribution is 14.1. The number of methoxy groups -OCH3 is 1. The van der Waals surface area contributed by atoms with Crippen LogP contribution in [0.5, 0.6) is 23.0 Å². The fraction of sp³-hybridized carbons (Fsp3) is 0.148. The van der Waals surface area contributed by atoms with Gasteiger partial charge in [-0.2, -0.15) is 8.42 Å². The zero-order valence-electron chi connectivity index (χ0n) is 21.8. The number of imide groups is 1. The van der Waals surface area contributed by atoms with Gasteiger partial charge in [0.05, 0.1) is 22.1 Å². The molecule has 218 valence electrons. The quantitative estimate of drug-likeness (QED) is 0.175. The number of thioether (sulfide) groups is 1. The summed E-state index contributed by atoms with van der Waals surface area (Å²) in [5.74, 6) is 0.203. The summed E-state index contributed by atoms with van der Waals surface area (Å²) in [5.41, 5.74) is 1.43. The first-order chi connectivity index (χ1) is 19.9. The summed E-state index contributed by atoms with van der Waals surface area (Å²) in [4.78, 5) is 38.2. The zero-order valence-corrected chi connectivity index (χ0v) is 26.4. The number of anilines is 1. The van der Waals surface area contributed by atoms with Crippen molar-refractivity contribution in [3.63, 3.8) is 0 Å². The van der Waals surface area contributed by atoms with E-state index in [1.165, 1.54) is 50.4 Å². The van der Waals surface area contributed by atoms with E-state index in [0.29, 0.717) is 36.9 Å². The van der Waals surface area contributed by atoms with Gasteiger partial charge in [-0.1, -0.05) is 11.6 Å². The first-order valence-electron chi connectivity index (χ1n) is 12.0. The van der Waals surface area contributed by atoms with E-state index in [4.69, 9.17) is 30.0 Å². The van der Waals surface area contributed by atoms with Crippen LogP contribution < -0.4 is 23.7 Å². The van der Waals surface area contributed by atoms with Gasteiger partial charge in [0.15, 0.2) is 23.0 Å². The molecule has 1 fully saturated rings. The third-order valence-corrected chi connectivity index (χ3v) is 9.25. The van der Waals surface area contributed by atoms with Gasteiger partial charge < -0.3 is 23.7 Å². The van der Waals surface area contributed by atoms with Gasteiger partial charge in [0.2, 0.25) is 12.7 Å². The second-order valence-corrected chi connectivity index (χ2v) is 13.0. The number of nitrogens with one attached hydrogen (secondary N) is 1. The van der Waals surface area contributed by atoms with E-state index in [1.54, 1.807) is 18.2 Å². The second kappa shape index (κ2) is 12.0. The number of halogens is 2. The number of hydrogen-bond donors (Lipinski definition) is 1. The molecule has 0 unspecified atom stereocenters. The predicted molar refractivity (Wildman–Crippen MR) is 163 cm³/mol. The molecule has 2 aliphatic heterocycles. The van der Waals surface area contributed by atoms with Crippen LogP contribution in [0.4, 0.5) is 10.5 Å². The lowest BCUT2D eigenvalue weighted by Crippen LogP contribution is -2.27. The average molecular weight is 743 g/mol. The molecule has 0 spiro atoms. The summed E-state index contributed by atoms with van der Waals surface area (Å²) < 4.78 is 47.8. The highest BCUT2D eigenvalue weighted by Gasteiger charge is 2.36. The van der Waals surface area contributed by atoms with Gasteiger partial charge in [-0.3, -0.25) is 19.3 Å². The topological polar surface area (TPSA) is 138 Å². The van der Waals surface area contributed by atoms with Gasteiger partial charge in [-0.25, -0.2) is 0 Å². The third-order valence-electron chi connectivity index (χ3n) is 5.95. The molecular formula is C27H20ClIN2O9S2. The van der Waals surface area contributed by atoms with Crippen molar-refractivity contribution < 1.29 is 41.2 Å². The van der Waals surface area contributed by atoms with Crippen molar-refractivity contribution in [2.24, 2.45) is 0 Å². The van der Waals surface area contributed by atoms with Gasteiger partial charge in [0.1, 0.15) is 4.90 Å². The Hall–Kier alpha value is -3.47. The minimum absolute atomic E-state index is 0.0493. The summed E-state index contributed by atoms with van der Waals surface area (Å²) in [6.45, 7) is 1.34. The zero-order chi connectivity index (χ0) is 30.2. The van der Waals surface area contributed by atoms with Crippen molar-refractivity contribution in [1.29, 1.82) is 0 Å². The molecule has 2 heterocycles. The van der Waals surface area contributed by atoms with Crippen LogP contribution in [0.25, 0.3) is 6.08 Å². The Morgan fingerprint density at radius 3 is 2.50 bits per heavy atom. The molecule has 3 amide bonds. The molecule has 0 saturated carbocycles. The van der Waals surface area contributed by atoms with E-state index in [2.05, 4.69) is 5.32 Å². The minimum atomic E-state index is -4.26. The number of nitrogens with zero attached hydrogens (tertiary/aromatic N) is 1. The molecule has 5 rings (SSSR count). The van der Waals surface area contributed by atoms with Crippen LogP contribution in [0.15, 0.2) is 58.3 Å². The van der Waals surface area contributed by atoms with Crippen molar-refractivity contribution >= 4 is 84.9 Å². The smallest absolute Gasteiger partial charge is 0.339 e. The summed E-state index contributed by atoms with van der Waals surface area (Å²) in [6, 6.07) is 11.8. The van der Waals surface area contributed by atoms with Gasteiger partial charge in [-0.15, -0.1) is 0 Å². The Labute approximate surface area is 263 Å². The molecule has 15 heteroatoms. The number of hydrogen-bond acceptors (Lipinski definition) is 10. The number of rotatable bonds is 8. The monoisotopic (exact) mass is 742 g/mol. The van der Waals surface area contributed by atoms with Gasteiger partial charge in [0.25, 0.3) is 11.1 Å². The van der Waals surface area contributed by atoms with E-state index in [9.17, 15) is 22.8 Å². The maximum absolute atomic E-state index is 13.2. The number of benzene rings is 3. The predicted octanol–water partition coefficient (Wildman–Crippen LogP) is 5.64. The number of carbonyl (C=O) groups excluding carboxylic acids is 3. The van der Waals surface area contributed by atoms with Crippen LogP contribution in [0.2, 0.25) is 5.02 Å². The highest BCUT2D eigenvalue weighted by Crippen LogP contribution is 2.41. The van der Waals surface area contributed by atoms with Crippen LogP contribution >= 0.6 is 46.0 Å². The largest absolute Gasteiger partial charge is 0.493 e. The lowest BCUT2D eigenvalue weighted by atomic mass is 10.1. The molecule has 11 nitrogen and oxygen atoms in total. The number of carbonyl (C=O) groups is 3. The summed E-state index contributed by atoms with van der Waals surface area (Å²) in [5, 5.41) is 2.42. The number of ether oxygens (including phenoxy) is 3. The standard InChI is InChI=1S/C27H20ClIN2O9S2/c1-14(32)30-17-3-5-18(6-4-17)42(35,36)40-25-20(29)7-15(8-23(25)37-2)9-24-26(33)31(27(34)41-24)12-16-10-21-22(11-19(16)28)39-13-38-21/h3-11H,12-13H2,1-2H3,(H,30,32)/b24-9-. The molecule has 42 heavy (non-hydrogen) atoms. The first-order valence-corrected chi connectivity index (χ1v) is 15.7. The molecular weight excluding hydrogens is 723 g/mol. The van der Waals surface area contributed by atoms with Crippen molar-refractivity contribution in [3.05, 3.63) is 73.2 Å². The summed E-state index contributed by atoms with van der Waals surface area (Å²) in [7, 11) is -2.91. The Kier molecular flexibility index (Phi) is 8.59. The van der Waals surface area contributed by atoms with Crippen LogP contribution in [-0.4, -0.2) is 44.3 Å². The van der Waals surface area contributed by atoms with Gasteiger partial charge >= 0.3 is 10.1 Å². The average Bonchev–Trinajstić information content (AvgIpc) is 3.49. The molecule has 0 aromatic heterocycles. The Morgan fingerprint density at radius 1 is 1.14 bits per heavy atom. The van der Waals surface area contributed by atoms with Crippen LogP contribution in [0, 0.1) is 3.57 Å². The normalized spacial score (nSPS) is 15.3.